The zero-order chi connectivity index (χ0) is 24.1. The van der Waals surface area contributed by atoms with Crippen molar-refractivity contribution in [2.24, 2.45) is 11.8 Å². The van der Waals surface area contributed by atoms with Crippen LogP contribution in [0.2, 0.25) is 0 Å². The number of hydrogen-bond donors (Lipinski definition) is 0. The summed E-state index contributed by atoms with van der Waals surface area (Å²) in [7, 11) is 2.88. The van der Waals surface area contributed by atoms with Gasteiger partial charge in [0.1, 0.15) is 24.5 Å². The van der Waals surface area contributed by atoms with Crippen LogP contribution in [0.25, 0.3) is 0 Å². The van der Waals surface area contributed by atoms with Crippen molar-refractivity contribution in [3.05, 3.63) is 11.8 Å². The molecule has 3 aliphatic rings. The standard InChI is InChI=1S/C20H27F3N2O7/c1-18(2,3)32-17(28)25-16(27)30-9-19(25)13-8-24(4)7-12(15(26)20(21,22)23)11(13)6-14(19)31-10-29-5/h7,11,13-14H,6,8-10H2,1-5H3/t11-,13+,14-,19+/m0/s1. The molecule has 2 fully saturated rings. The molecule has 12 heteroatoms. The number of halogens is 3. The van der Waals surface area contributed by atoms with Gasteiger partial charge in [-0.3, -0.25) is 4.79 Å². The van der Waals surface area contributed by atoms with Crippen LogP contribution >= 0.6 is 0 Å². The highest BCUT2D eigenvalue weighted by Gasteiger charge is 2.69. The summed E-state index contributed by atoms with van der Waals surface area (Å²) < 4.78 is 61.3. The van der Waals surface area contributed by atoms with Gasteiger partial charge in [0.15, 0.2) is 0 Å². The molecule has 32 heavy (non-hydrogen) atoms. The summed E-state index contributed by atoms with van der Waals surface area (Å²) >= 11 is 0. The van der Waals surface area contributed by atoms with E-state index >= 15 is 0 Å². The van der Waals surface area contributed by atoms with E-state index in [1.165, 1.54) is 25.3 Å². The number of nitrogens with zero attached hydrogens (tertiary/aromatic N) is 2. The topological polar surface area (TPSA) is 94.6 Å². The van der Waals surface area contributed by atoms with E-state index in [2.05, 4.69) is 0 Å². The molecule has 0 aromatic rings. The summed E-state index contributed by atoms with van der Waals surface area (Å²) in [4.78, 5) is 40.1. The normalized spacial score (nSPS) is 30.3. The van der Waals surface area contributed by atoms with Crippen LogP contribution in [0, 0.1) is 11.8 Å². The molecule has 0 aromatic heterocycles. The quantitative estimate of drug-likeness (QED) is 0.587. The van der Waals surface area contributed by atoms with Crippen molar-refractivity contribution in [3.8, 4) is 0 Å². The summed E-state index contributed by atoms with van der Waals surface area (Å²) in [5.41, 5.74) is -2.85. The number of alkyl halides is 3. The van der Waals surface area contributed by atoms with Gasteiger partial charge in [-0.2, -0.15) is 18.1 Å². The van der Waals surface area contributed by atoms with Crippen LogP contribution < -0.4 is 0 Å². The first-order valence-corrected chi connectivity index (χ1v) is 10.1. The number of methoxy groups -OCH3 is 1. The van der Waals surface area contributed by atoms with Crippen LogP contribution in [-0.4, -0.2) is 85.3 Å². The third kappa shape index (κ3) is 4.17. The van der Waals surface area contributed by atoms with Crippen molar-refractivity contribution in [2.75, 3.05) is 34.1 Å². The largest absolute Gasteiger partial charge is 0.454 e. The van der Waals surface area contributed by atoms with Crippen LogP contribution in [0.1, 0.15) is 27.2 Å². The van der Waals surface area contributed by atoms with Crippen molar-refractivity contribution in [1.82, 2.24) is 9.80 Å². The average molecular weight is 464 g/mol. The molecule has 2 aliphatic heterocycles. The zero-order valence-corrected chi connectivity index (χ0v) is 18.5. The van der Waals surface area contributed by atoms with E-state index in [0.29, 0.717) is 0 Å². The van der Waals surface area contributed by atoms with Crippen molar-refractivity contribution in [3.63, 3.8) is 0 Å². The SMILES string of the molecule is COCO[C@H]1C[C@H]2C(C(=O)C(F)(F)F)=CN(C)C[C@H]2[C@]12COC(=O)N2C(=O)OC(C)(C)C. The molecule has 0 N–H and O–H groups in total. The van der Waals surface area contributed by atoms with Gasteiger partial charge >= 0.3 is 18.4 Å². The summed E-state index contributed by atoms with van der Waals surface area (Å²) in [6.07, 6.45) is -6.85. The van der Waals surface area contributed by atoms with Crippen LogP contribution in [0.5, 0.6) is 0 Å². The van der Waals surface area contributed by atoms with E-state index in [1.54, 1.807) is 20.8 Å². The lowest BCUT2D eigenvalue weighted by atomic mass is 9.76. The Morgan fingerprint density at radius 2 is 1.94 bits per heavy atom. The fourth-order valence-electron chi connectivity index (χ4n) is 4.80. The van der Waals surface area contributed by atoms with Crippen LogP contribution in [0.3, 0.4) is 0 Å². The van der Waals surface area contributed by atoms with Crippen LogP contribution in [0.15, 0.2) is 11.8 Å². The number of hydrogen-bond acceptors (Lipinski definition) is 8. The number of rotatable bonds is 4. The Morgan fingerprint density at radius 1 is 1.28 bits per heavy atom. The fourth-order valence-corrected chi connectivity index (χ4v) is 4.80. The minimum Gasteiger partial charge on any atom is -0.446 e. The van der Waals surface area contributed by atoms with Gasteiger partial charge in [-0.1, -0.05) is 0 Å². The van der Waals surface area contributed by atoms with Crippen molar-refractivity contribution >= 4 is 18.0 Å². The second-order valence-electron chi connectivity index (χ2n) is 9.22. The molecule has 0 unspecified atom stereocenters. The first kappa shape index (κ1) is 24.3. The van der Waals surface area contributed by atoms with Gasteiger partial charge in [0.05, 0.1) is 6.10 Å². The second kappa shape index (κ2) is 8.22. The fraction of sp³-hybridized carbons (Fsp3) is 0.750. The maximum Gasteiger partial charge on any atom is 0.454 e. The van der Waals surface area contributed by atoms with E-state index in [9.17, 15) is 27.6 Å². The molecular weight excluding hydrogens is 437 g/mol. The van der Waals surface area contributed by atoms with Crippen LogP contribution in [0.4, 0.5) is 22.8 Å². The number of ketones is 1. The summed E-state index contributed by atoms with van der Waals surface area (Å²) in [5.74, 6) is -3.64. The van der Waals surface area contributed by atoms with E-state index in [0.717, 1.165) is 4.90 Å². The molecule has 1 spiro atoms. The molecule has 1 aliphatic carbocycles. The molecule has 1 saturated carbocycles. The summed E-state index contributed by atoms with van der Waals surface area (Å²) in [6, 6.07) is 0. The number of carbonyl (C=O) groups excluding carboxylic acids is 3. The highest BCUT2D eigenvalue weighted by atomic mass is 19.4. The van der Waals surface area contributed by atoms with Gasteiger partial charge in [0, 0.05) is 38.4 Å². The van der Waals surface area contributed by atoms with Gasteiger partial charge < -0.3 is 23.8 Å². The first-order valence-electron chi connectivity index (χ1n) is 10.1. The number of carbonyl (C=O) groups is 3. The minimum absolute atomic E-state index is 0.0363. The van der Waals surface area contributed by atoms with Gasteiger partial charge in [-0.05, 0) is 33.1 Å². The Bertz CT molecular complexity index is 823. The zero-order valence-electron chi connectivity index (χ0n) is 18.5. The molecule has 1 saturated heterocycles. The van der Waals surface area contributed by atoms with Crippen molar-refractivity contribution in [2.45, 2.75) is 50.6 Å². The number of allylic oxidation sites excluding steroid dienone is 1. The molecule has 9 nitrogen and oxygen atoms in total. The molecule has 180 valence electrons. The molecule has 3 rings (SSSR count). The highest BCUT2D eigenvalue weighted by Crippen LogP contribution is 2.54. The number of amides is 2. The lowest BCUT2D eigenvalue weighted by Gasteiger charge is -2.43. The maximum absolute atomic E-state index is 13.3. The monoisotopic (exact) mass is 464 g/mol. The maximum atomic E-state index is 13.3. The van der Waals surface area contributed by atoms with Gasteiger partial charge in [-0.15, -0.1) is 0 Å². The van der Waals surface area contributed by atoms with Gasteiger partial charge in [0.25, 0.3) is 5.78 Å². The molecular formula is C20H27F3N2O7. The third-order valence-corrected chi connectivity index (χ3v) is 5.91. The Balaban J connectivity index is 2.08. The van der Waals surface area contributed by atoms with E-state index < -0.39 is 58.8 Å². The average Bonchev–Trinajstić information content (AvgIpc) is 3.15. The highest BCUT2D eigenvalue weighted by molar-refractivity contribution is 6.00. The number of Topliss-reactive ketones (excluding diaryl/α,β-unsaturated/α-hetero) is 1. The molecule has 0 bridgehead atoms. The summed E-state index contributed by atoms with van der Waals surface area (Å²) in [6.45, 7) is 4.49. The lowest BCUT2D eigenvalue weighted by Crippen LogP contribution is -2.62. The molecule has 4 atom stereocenters. The number of cyclic esters (lactones) is 1. The number of imide groups is 1. The van der Waals surface area contributed by atoms with Gasteiger partial charge in [0.2, 0.25) is 0 Å². The van der Waals surface area contributed by atoms with Crippen molar-refractivity contribution in [1.29, 1.82) is 0 Å². The Morgan fingerprint density at radius 3 is 2.50 bits per heavy atom. The number of ether oxygens (including phenoxy) is 4. The van der Waals surface area contributed by atoms with Crippen molar-refractivity contribution < 1.29 is 46.5 Å². The van der Waals surface area contributed by atoms with E-state index in [4.69, 9.17) is 18.9 Å². The third-order valence-electron chi connectivity index (χ3n) is 5.91. The van der Waals surface area contributed by atoms with Crippen LogP contribution in [-0.2, 0) is 23.7 Å². The first-order chi connectivity index (χ1) is 14.7. The number of fused-ring (bicyclic) bond motifs is 2. The smallest absolute Gasteiger partial charge is 0.446 e. The molecule has 2 heterocycles. The predicted molar refractivity (Wildman–Crippen MR) is 102 cm³/mol. The Hall–Kier alpha value is -2.34. The molecule has 0 radical (unpaired) electrons. The Labute approximate surface area is 183 Å². The minimum atomic E-state index is -5.07. The van der Waals surface area contributed by atoms with E-state index in [-0.39, 0.29) is 26.4 Å². The molecule has 2 amide bonds. The predicted octanol–water partition coefficient (Wildman–Crippen LogP) is 2.70. The summed E-state index contributed by atoms with van der Waals surface area (Å²) in [5, 5.41) is 0. The molecule has 0 aromatic carbocycles. The lowest BCUT2D eigenvalue weighted by molar-refractivity contribution is -0.167. The van der Waals surface area contributed by atoms with E-state index in [1.807, 2.05) is 0 Å². The Kier molecular flexibility index (Phi) is 6.24. The second-order valence-corrected chi connectivity index (χ2v) is 9.22. The van der Waals surface area contributed by atoms with Gasteiger partial charge in [-0.25, -0.2) is 9.59 Å².